The fraction of sp³-hybridized carbons (Fsp3) is 0.462. The number of esters is 1. The Bertz CT molecular complexity index is 392. The molecule has 0 aromatic heterocycles. The van der Waals surface area contributed by atoms with Crippen LogP contribution >= 0.6 is 0 Å². The highest BCUT2D eigenvalue weighted by Gasteiger charge is 2.23. The lowest BCUT2D eigenvalue weighted by molar-refractivity contribution is -0.145. The third-order valence-corrected chi connectivity index (χ3v) is 2.64. The summed E-state index contributed by atoms with van der Waals surface area (Å²) in [4.78, 5) is 11.5. The molecular formula is C13H19NO4. The maximum absolute atomic E-state index is 11.5. The highest BCUT2D eigenvalue weighted by Crippen LogP contribution is 2.17. The lowest BCUT2D eigenvalue weighted by Gasteiger charge is -2.19. The third kappa shape index (κ3) is 3.72. The van der Waals surface area contributed by atoms with Crippen LogP contribution in [0.5, 0.6) is 5.75 Å². The monoisotopic (exact) mass is 253 g/mol. The Morgan fingerprint density at radius 1 is 1.39 bits per heavy atom. The Kier molecular flexibility index (Phi) is 5.61. The smallest absolute Gasteiger partial charge is 0.325 e. The average molecular weight is 253 g/mol. The van der Waals surface area contributed by atoms with Crippen LogP contribution in [-0.2, 0) is 16.1 Å². The van der Waals surface area contributed by atoms with E-state index in [1.807, 2.05) is 24.3 Å². The van der Waals surface area contributed by atoms with Crippen molar-refractivity contribution in [3.8, 4) is 5.75 Å². The number of rotatable bonds is 6. The number of aliphatic hydroxyl groups is 1. The van der Waals surface area contributed by atoms with Gasteiger partial charge in [0.1, 0.15) is 11.8 Å². The molecule has 0 heterocycles. The molecule has 2 atom stereocenters. The van der Waals surface area contributed by atoms with Crippen molar-refractivity contribution in [2.75, 3.05) is 14.2 Å². The number of nitrogens with one attached hydrogen (secondary N) is 1. The van der Waals surface area contributed by atoms with Crippen LogP contribution in [0.25, 0.3) is 0 Å². The Balaban J connectivity index is 2.70. The second-order valence-corrected chi connectivity index (χ2v) is 3.93. The van der Waals surface area contributed by atoms with E-state index in [9.17, 15) is 9.90 Å². The van der Waals surface area contributed by atoms with E-state index in [0.717, 1.165) is 11.3 Å². The molecule has 1 aromatic carbocycles. The Hall–Kier alpha value is -1.59. The van der Waals surface area contributed by atoms with Gasteiger partial charge in [-0.3, -0.25) is 10.1 Å². The summed E-state index contributed by atoms with van der Waals surface area (Å²) in [7, 11) is 2.88. The molecule has 0 aliphatic heterocycles. The van der Waals surface area contributed by atoms with Crippen molar-refractivity contribution in [1.29, 1.82) is 0 Å². The molecule has 0 aliphatic rings. The molecule has 0 saturated carbocycles. The fourth-order valence-electron chi connectivity index (χ4n) is 1.65. The summed E-state index contributed by atoms with van der Waals surface area (Å²) in [5.74, 6) is 0.249. The number of methoxy groups -OCH3 is 2. The molecule has 0 unspecified atom stereocenters. The lowest BCUT2D eigenvalue weighted by atomic mass is 10.1. The Morgan fingerprint density at radius 2 is 2.06 bits per heavy atom. The van der Waals surface area contributed by atoms with Gasteiger partial charge in [0.2, 0.25) is 0 Å². The summed E-state index contributed by atoms with van der Waals surface area (Å²) in [5, 5.41) is 12.5. The predicted octanol–water partition coefficient (Wildman–Crippen LogP) is 0.707. The molecule has 5 heteroatoms. The van der Waals surface area contributed by atoms with Gasteiger partial charge in [0.15, 0.2) is 0 Å². The molecule has 0 bridgehead atoms. The molecule has 0 radical (unpaired) electrons. The summed E-state index contributed by atoms with van der Waals surface area (Å²) in [6.45, 7) is 1.95. The number of hydrogen-bond acceptors (Lipinski definition) is 5. The minimum atomic E-state index is -0.827. The van der Waals surface area contributed by atoms with E-state index < -0.39 is 18.1 Å². The van der Waals surface area contributed by atoms with Crippen molar-refractivity contribution in [2.24, 2.45) is 0 Å². The van der Waals surface area contributed by atoms with Gasteiger partial charge in [-0.1, -0.05) is 18.2 Å². The number of benzene rings is 1. The Labute approximate surface area is 107 Å². The van der Waals surface area contributed by atoms with Crippen LogP contribution < -0.4 is 10.1 Å². The lowest BCUT2D eigenvalue weighted by Crippen LogP contribution is -2.45. The Morgan fingerprint density at radius 3 is 2.61 bits per heavy atom. The van der Waals surface area contributed by atoms with Crippen LogP contribution in [0.4, 0.5) is 0 Å². The van der Waals surface area contributed by atoms with E-state index in [1.165, 1.54) is 14.0 Å². The molecule has 2 N–H and O–H groups in total. The summed E-state index contributed by atoms with van der Waals surface area (Å²) in [5.41, 5.74) is 0.912. The fourth-order valence-corrected chi connectivity index (χ4v) is 1.65. The third-order valence-electron chi connectivity index (χ3n) is 2.64. The standard InChI is InChI=1S/C13H19NO4/c1-9(15)12(13(16)18-3)14-8-10-6-4-5-7-11(10)17-2/h4-7,9,12,14-15H,8H2,1-3H3/t9-,12-/m0/s1. The SMILES string of the molecule is COC(=O)[C@@H](NCc1ccccc1OC)[C@H](C)O. The molecule has 18 heavy (non-hydrogen) atoms. The van der Waals surface area contributed by atoms with Crippen molar-refractivity contribution < 1.29 is 19.4 Å². The molecule has 0 spiro atoms. The molecule has 0 aliphatic carbocycles. The van der Waals surface area contributed by atoms with E-state index in [-0.39, 0.29) is 0 Å². The number of ether oxygens (including phenoxy) is 2. The molecule has 0 fully saturated rings. The molecule has 0 saturated heterocycles. The van der Waals surface area contributed by atoms with Gasteiger partial charge in [-0.25, -0.2) is 0 Å². The largest absolute Gasteiger partial charge is 0.496 e. The van der Waals surface area contributed by atoms with E-state index in [0.29, 0.717) is 6.54 Å². The van der Waals surface area contributed by atoms with Crippen LogP contribution in [0, 0.1) is 0 Å². The second-order valence-electron chi connectivity index (χ2n) is 3.93. The summed E-state index contributed by atoms with van der Waals surface area (Å²) < 4.78 is 9.83. The summed E-state index contributed by atoms with van der Waals surface area (Å²) >= 11 is 0. The molecule has 100 valence electrons. The molecular weight excluding hydrogens is 234 g/mol. The number of hydrogen-bond donors (Lipinski definition) is 2. The first-order valence-corrected chi connectivity index (χ1v) is 5.71. The van der Waals surface area contributed by atoms with Crippen LogP contribution in [0.3, 0.4) is 0 Å². The predicted molar refractivity (Wildman–Crippen MR) is 67.3 cm³/mol. The molecule has 5 nitrogen and oxygen atoms in total. The quantitative estimate of drug-likeness (QED) is 0.731. The number of para-hydroxylation sites is 1. The summed E-state index contributed by atoms with van der Waals surface area (Å²) in [6.07, 6.45) is -0.827. The zero-order valence-corrected chi connectivity index (χ0v) is 10.8. The van der Waals surface area contributed by atoms with E-state index in [4.69, 9.17) is 4.74 Å². The van der Waals surface area contributed by atoms with E-state index in [1.54, 1.807) is 7.11 Å². The van der Waals surface area contributed by atoms with Crippen molar-refractivity contribution in [3.05, 3.63) is 29.8 Å². The number of carbonyl (C=O) groups is 1. The number of carbonyl (C=O) groups excluding carboxylic acids is 1. The van der Waals surface area contributed by atoms with Crippen molar-refractivity contribution in [1.82, 2.24) is 5.32 Å². The molecule has 1 aromatic rings. The minimum Gasteiger partial charge on any atom is -0.496 e. The van der Waals surface area contributed by atoms with Crippen LogP contribution in [0.1, 0.15) is 12.5 Å². The van der Waals surface area contributed by atoms with E-state index >= 15 is 0 Å². The topological polar surface area (TPSA) is 67.8 Å². The highest BCUT2D eigenvalue weighted by atomic mass is 16.5. The van der Waals surface area contributed by atoms with Crippen LogP contribution in [0.2, 0.25) is 0 Å². The van der Waals surface area contributed by atoms with Crippen molar-refractivity contribution in [2.45, 2.75) is 25.6 Å². The van der Waals surface area contributed by atoms with Crippen molar-refractivity contribution in [3.63, 3.8) is 0 Å². The van der Waals surface area contributed by atoms with Gasteiger partial charge in [0.05, 0.1) is 20.3 Å². The first-order valence-electron chi connectivity index (χ1n) is 5.71. The zero-order chi connectivity index (χ0) is 13.5. The maximum atomic E-state index is 11.5. The van der Waals surface area contributed by atoms with Crippen LogP contribution in [0.15, 0.2) is 24.3 Å². The highest BCUT2D eigenvalue weighted by molar-refractivity contribution is 5.76. The maximum Gasteiger partial charge on any atom is 0.325 e. The average Bonchev–Trinajstić information content (AvgIpc) is 2.38. The van der Waals surface area contributed by atoms with Gasteiger partial charge in [-0.05, 0) is 13.0 Å². The zero-order valence-electron chi connectivity index (χ0n) is 10.8. The van der Waals surface area contributed by atoms with Gasteiger partial charge < -0.3 is 14.6 Å². The van der Waals surface area contributed by atoms with E-state index in [2.05, 4.69) is 10.1 Å². The first-order chi connectivity index (χ1) is 8.60. The van der Waals surface area contributed by atoms with Gasteiger partial charge in [0.25, 0.3) is 0 Å². The first kappa shape index (κ1) is 14.5. The molecule has 0 amide bonds. The normalized spacial score (nSPS) is 13.8. The van der Waals surface area contributed by atoms with Crippen LogP contribution in [-0.4, -0.2) is 37.4 Å². The van der Waals surface area contributed by atoms with Gasteiger partial charge >= 0.3 is 5.97 Å². The van der Waals surface area contributed by atoms with Crippen molar-refractivity contribution >= 4 is 5.97 Å². The van der Waals surface area contributed by atoms with Gasteiger partial charge in [0, 0.05) is 12.1 Å². The van der Waals surface area contributed by atoms with Gasteiger partial charge in [-0.15, -0.1) is 0 Å². The second kappa shape index (κ2) is 6.98. The molecule has 1 rings (SSSR count). The number of aliphatic hydroxyl groups excluding tert-OH is 1. The van der Waals surface area contributed by atoms with Gasteiger partial charge in [-0.2, -0.15) is 0 Å². The summed E-state index contributed by atoms with van der Waals surface area (Å²) in [6, 6.07) is 6.73. The minimum absolute atomic E-state index is 0.411.